The third-order valence-electron chi connectivity index (χ3n) is 3.51. The van der Waals surface area contributed by atoms with Crippen LogP contribution in [0.4, 0.5) is 13.2 Å². The number of fused-ring (bicyclic) bond motifs is 1. The Bertz CT molecular complexity index is 811. The van der Waals surface area contributed by atoms with Crippen LogP contribution in [0.1, 0.15) is 35.8 Å². The fraction of sp³-hybridized carbons (Fsp3) is 0.583. The number of halogens is 3. The standard InChI is InChI=1S/C12H13F3N4O2S2/c13-12(14,15)8-6-22-10(16-8)7-23(20,21)11-18-17-9-4-2-1-3-5-19(9)11/h6H,1-5,7H2. The molecule has 0 fully saturated rings. The molecule has 11 heteroatoms. The van der Waals surface area contributed by atoms with E-state index >= 15 is 0 Å². The highest BCUT2D eigenvalue weighted by molar-refractivity contribution is 7.90. The molecule has 0 saturated carbocycles. The number of rotatable bonds is 3. The van der Waals surface area contributed by atoms with Crippen LogP contribution in [-0.4, -0.2) is 28.2 Å². The summed E-state index contributed by atoms with van der Waals surface area (Å²) >= 11 is 0.674. The maximum atomic E-state index is 12.5. The summed E-state index contributed by atoms with van der Waals surface area (Å²) in [6, 6.07) is 0. The lowest BCUT2D eigenvalue weighted by atomic mass is 10.2. The molecule has 0 atom stereocenters. The summed E-state index contributed by atoms with van der Waals surface area (Å²) in [5.74, 6) is 0.00231. The van der Waals surface area contributed by atoms with E-state index in [4.69, 9.17) is 0 Å². The van der Waals surface area contributed by atoms with Crippen molar-refractivity contribution < 1.29 is 21.6 Å². The van der Waals surface area contributed by atoms with Crippen molar-refractivity contribution >= 4 is 21.2 Å². The third kappa shape index (κ3) is 3.39. The molecule has 0 amide bonds. The molecule has 0 radical (unpaired) electrons. The molecular weight excluding hydrogens is 353 g/mol. The second-order valence-corrected chi connectivity index (χ2v) is 8.07. The van der Waals surface area contributed by atoms with E-state index in [0.29, 0.717) is 30.1 Å². The molecule has 0 spiro atoms. The topological polar surface area (TPSA) is 77.7 Å². The van der Waals surface area contributed by atoms with Gasteiger partial charge >= 0.3 is 6.18 Å². The van der Waals surface area contributed by atoms with E-state index < -0.39 is 27.5 Å². The van der Waals surface area contributed by atoms with Gasteiger partial charge in [0.25, 0.3) is 0 Å². The number of nitrogens with zero attached hydrogens (tertiary/aromatic N) is 4. The molecule has 0 saturated heterocycles. The summed E-state index contributed by atoms with van der Waals surface area (Å²) < 4.78 is 64.1. The van der Waals surface area contributed by atoms with Gasteiger partial charge in [-0.05, 0) is 12.8 Å². The van der Waals surface area contributed by atoms with Crippen LogP contribution < -0.4 is 0 Å². The minimum Gasteiger partial charge on any atom is -0.302 e. The predicted octanol–water partition coefficient (Wildman–Crippen LogP) is 2.45. The third-order valence-corrected chi connectivity index (χ3v) is 6.05. The van der Waals surface area contributed by atoms with Gasteiger partial charge in [0.1, 0.15) is 16.6 Å². The summed E-state index contributed by atoms with van der Waals surface area (Å²) in [7, 11) is -3.89. The fourth-order valence-electron chi connectivity index (χ4n) is 2.42. The molecule has 0 aliphatic carbocycles. The second kappa shape index (κ2) is 5.86. The fourth-order valence-corrected chi connectivity index (χ4v) is 4.96. The molecule has 1 aliphatic rings. The minimum atomic E-state index is -4.58. The molecule has 23 heavy (non-hydrogen) atoms. The first-order chi connectivity index (χ1) is 10.8. The molecule has 2 aromatic rings. The van der Waals surface area contributed by atoms with Crippen molar-refractivity contribution in [2.45, 2.75) is 49.3 Å². The molecule has 3 rings (SSSR count). The highest BCUT2D eigenvalue weighted by Crippen LogP contribution is 2.31. The van der Waals surface area contributed by atoms with Crippen LogP contribution in [0.3, 0.4) is 0 Å². The lowest BCUT2D eigenvalue weighted by Gasteiger charge is -2.06. The Kier molecular flexibility index (Phi) is 4.17. The van der Waals surface area contributed by atoms with Gasteiger partial charge in [0.15, 0.2) is 5.69 Å². The Morgan fingerprint density at radius 1 is 1.22 bits per heavy atom. The average Bonchev–Trinajstić information content (AvgIpc) is 3.00. The van der Waals surface area contributed by atoms with Crippen LogP contribution in [0.5, 0.6) is 0 Å². The average molecular weight is 366 g/mol. The van der Waals surface area contributed by atoms with E-state index in [2.05, 4.69) is 15.2 Å². The SMILES string of the molecule is O=S(=O)(Cc1nc(C(F)(F)F)cs1)c1nnc2n1CCCCC2. The lowest BCUT2D eigenvalue weighted by Crippen LogP contribution is -2.14. The first kappa shape index (κ1) is 16.4. The van der Waals surface area contributed by atoms with Crippen molar-refractivity contribution in [2.24, 2.45) is 0 Å². The van der Waals surface area contributed by atoms with Gasteiger partial charge < -0.3 is 4.57 Å². The highest BCUT2D eigenvalue weighted by Gasteiger charge is 2.35. The van der Waals surface area contributed by atoms with Crippen molar-refractivity contribution in [1.82, 2.24) is 19.7 Å². The molecule has 0 unspecified atom stereocenters. The normalized spacial score (nSPS) is 16.1. The quantitative estimate of drug-likeness (QED) is 0.834. The molecule has 2 aromatic heterocycles. The Balaban J connectivity index is 1.88. The molecule has 0 N–H and O–H groups in total. The van der Waals surface area contributed by atoms with Crippen LogP contribution in [0.2, 0.25) is 0 Å². The van der Waals surface area contributed by atoms with Crippen molar-refractivity contribution in [1.29, 1.82) is 0 Å². The minimum absolute atomic E-state index is 0.108. The van der Waals surface area contributed by atoms with E-state index in [1.807, 2.05) is 0 Å². The number of hydrogen-bond acceptors (Lipinski definition) is 6. The molecule has 3 heterocycles. The van der Waals surface area contributed by atoms with Crippen molar-refractivity contribution in [3.63, 3.8) is 0 Å². The maximum Gasteiger partial charge on any atom is 0.434 e. The van der Waals surface area contributed by atoms with Crippen LogP contribution in [0.15, 0.2) is 10.5 Å². The van der Waals surface area contributed by atoms with Crippen molar-refractivity contribution in [2.75, 3.05) is 0 Å². The molecule has 1 aliphatic heterocycles. The first-order valence-corrected chi connectivity index (χ1v) is 9.47. The zero-order chi connectivity index (χ0) is 16.7. The molecular formula is C12H13F3N4O2S2. The lowest BCUT2D eigenvalue weighted by molar-refractivity contribution is -0.140. The monoisotopic (exact) mass is 366 g/mol. The number of alkyl halides is 3. The van der Waals surface area contributed by atoms with Crippen molar-refractivity contribution in [3.8, 4) is 0 Å². The summed E-state index contributed by atoms with van der Waals surface area (Å²) in [6.45, 7) is 0.503. The van der Waals surface area contributed by atoms with E-state index in [9.17, 15) is 21.6 Å². The van der Waals surface area contributed by atoms with E-state index in [-0.39, 0.29) is 10.2 Å². The van der Waals surface area contributed by atoms with Crippen LogP contribution in [0, 0.1) is 0 Å². The molecule has 126 valence electrons. The summed E-state index contributed by atoms with van der Waals surface area (Å²) in [4.78, 5) is 3.36. The number of aromatic nitrogens is 4. The van der Waals surface area contributed by atoms with Crippen LogP contribution in [0.25, 0.3) is 0 Å². The van der Waals surface area contributed by atoms with Crippen molar-refractivity contribution in [3.05, 3.63) is 21.9 Å². The van der Waals surface area contributed by atoms with E-state index in [1.165, 1.54) is 0 Å². The Morgan fingerprint density at radius 3 is 2.70 bits per heavy atom. The summed E-state index contributed by atoms with van der Waals surface area (Å²) in [5, 5.41) is 8.17. The molecule has 0 aromatic carbocycles. The van der Waals surface area contributed by atoms with Crippen LogP contribution >= 0.6 is 11.3 Å². The van der Waals surface area contributed by atoms with E-state index in [1.54, 1.807) is 4.57 Å². The van der Waals surface area contributed by atoms with Gasteiger partial charge in [0.2, 0.25) is 15.0 Å². The summed E-state index contributed by atoms with van der Waals surface area (Å²) in [5.41, 5.74) is -1.08. The van der Waals surface area contributed by atoms with Gasteiger partial charge in [-0.2, -0.15) is 13.2 Å². The largest absolute Gasteiger partial charge is 0.434 e. The highest BCUT2D eigenvalue weighted by atomic mass is 32.2. The summed E-state index contributed by atoms with van der Waals surface area (Å²) in [6.07, 6.45) is -1.21. The number of sulfone groups is 1. The Morgan fingerprint density at radius 2 is 2.00 bits per heavy atom. The Labute approximate surface area is 134 Å². The zero-order valence-electron chi connectivity index (χ0n) is 11.9. The predicted molar refractivity (Wildman–Crippen MR) is 75.6 cm³/mol. The first-order valence-electron chi connectivity index (χ1n) is 6.94. The van der Waals surface area contributed by atoms with Gasteiger partial charge in [0, 0.05) is 18.3 Å². The number of thiazole rings is 1. The van der Waals surface area contributed by atoms with Gasteiger partial charge in [-0.15, -0.1) is 21.5 Å². The molecule has 0 bridgehead atoms. The van der Waals surface area contributed by atoms with Gasteiger partial charge in [-0.3, -0.25) is 0 Å². The van der Waals surface area contributed by atoms with E-state index in [0.717, 1.165) is 24.6 Å². The van der Waals surface area contributed by atoms with Crippen LogP contribution in [-0.2, 0) is 34.7 Å². The smallest absolute Gasteiger partial charge is 0.302 e. The second-order valence-electron chi connectivity index (χ2n) is 5.24. The number of aryl methyl sites for hydroxylation is 1. The Hall–Kier alpha value is -1.49. The maximum absolute atomic E-state index is 12.5. The number of hydrogen-bond donors (Lipinski definition) is 0. The zero-order valence-corrected chi connectivity index (χ0v) is 13.5. The van der Waals surface area contributed by atoms with Gasteiger partial charge in [-0.25, -0.2) is 13.4 Å². The molecule has 6 nitrogen and oxygen atoms in total. The van der Waals surface area contributed by atoms with Gasteiger partial charge in [0.05, 0.1) is 0 Å². The van der Waals surface area contributed by atoms with Gasteiger partial charge in [-0.1, -0.05) is 6.42 Å².